The fourth-order valence-electron chi connectivity index (χ4n) is 1.44. The zero-order valence-electron chi connectivity index (χ0n) is 9.26. The minimum Gasteiger partial charge on any atom is -0.496 e. The molecule has 1 aromatic carbocycles. The molecule has 0 spiro atoms. The fourth-order valence-corrected chi connectivity index (χ4v) is 1.44. The smallest absolute Gasteiger partial charge is 0.350 e. The van der Waals surface area contributed by atoms with E-state index in [9.17, 15) is 8.78 Å². The molecule has 0 saturated heterocycles. The lowest BCUT2D eigenvalue weighted by molar-refractivity contribution is 0.0397. The number of ether oxygens (including phenoxy) is 1. The van der Waals surface area contributed by atoms with Crippen LogP contribution in [-0.4, -0.2) is 27.3 Å². The van der Waals surface area contributed by atoms with Crippen molar-refractivity contribution in [2.24, 2.45) is 0 Å². The summed E-state index contributed by atoms with van der Waals surface area (Å²) in [6.07, 6.45) is 0. The van der Waals surface area contributed by atoms with E-state index in [1.165, 1.54) is 0 Å². The van der Waals surface area contributed by atoms with Crippen LogP contribution in [0.1, 0.15) is 12.1 Å². The van der Waals surface area contributed by atoms with Gasteiger partial charge in [0.25, 0.3) is 0 Å². The second-order valence-corrected chi connectivity index (χ2v) is 3.40. The predicted molar refractivity (Wildman–Crippen MR) is 55.8 cm³/mol. The predicted octanol–water partition coefficient (Wildman–Crippen LogP) is 2.05. The summed E-state index contributed by atoms with van der Waals surface area (Å²) < 4.78 is 29.6. The van der Waals surface area contributed by atoms with Crippen molar-refractivity contribution in [2.45, 2.75) is 13.5 Å². The molecule has 0 bridgehead atoms. The van der Waals surface area contributed by atoms with Gasteiger partial charge in [-0.15, -0.1) is 10.2 Å². The molecule has 7 heteroatoms. The molecule has 2 rings (SSSR count). The van der Waals surface area contributed by atoms with Gasteiger partial charge < -0.3 is 4.74 Å². The number of aryl methyl sites for hydroxylation is 1. The SMILES string of the molecule is COc1ccc(-c2nnn(C(F)F)n2)cc1C. The van der Waals surface area contributed by atoms with Gasteiger partial charge in [-0.05, 0) is 35.9 Å². The lowest BCUT2D eigenvalue weighted by atomic mass is 10.1. The summed E-state index contributed by atoms with van der Waals surface area (Å²) in [5, 5.41) is 10.4. The number of hydrogen-bond donors (Lipinski definition) is 0. The molecule has 0 aliphatic carbocycles. The van der Waals surface area contributed by atoms with Gasteiger partial charge in [0.1, 0.15) is 5.75 Å². The molecule has 17 heavy (non-hydrogen) atoms. The molecule has 0 atom stereocenters. The maximum absolute atomic E-state index is 12.3. The van der Waals surface area contributed by atoms with Crippen molar-refractivity contribution in [3.05, 3.63) is 23.8 Å². The molecular formula is C10H10F2N4O. The molecule has 0 N–H and O–H groups in total. The molecule has 0 saturated carbocycles. The molecule has 0 fully saturated rings. The Morgan fingerprint density at radius 1 is 1.35 bits per heavy atom. The fraction of sp³-hybridized carbons (Fsp3) is 0.300. The Labute approximate surface area is 96.0 Å². The molecule has 5 nitrogen and oxygen atoms in total. The normalized spacial score (nSPS) is 10.9. The number of alkyl halides is 2. The van der Waals surface area contributed by atoms with Gasteiger partial charge in [-0.25, -0.2) is 0 Å². The van der Waals surface area contributed by atoms with Crippen molar-refractivity contribution >= 4 is 0 Å². The summed E-state index contributed by atoms with van der Waals surface area (Å²) >= 11 is 0. The first-order chi connectivity index (χ1) is 8.11. The Hall–Kier alpha value is -2.05. The molecule has 0 amide bonds. The second-order valence-electron chi connectivity index (χ2n) is 3.40. The number of nitrogens with zero attached hydrogens (tertiary/aromatic N) is 4. The Morgan fingerprint density at radius 2 is 2.12 bits per heavy atom. The van der Waals surface area contributed by atoms with E-state index in [2.05, 4.69) is 15.4 Å². The first-order valence-corrected chi connectivity index (χ1v) is 4.84. The molecular weight excluding hydrogens is 230 g/mol. The van der Waals surface area contributed by atoms with Gasteiger partial charge >= 0.3 is 6.55 Å². The zero-order valence-corrected chi connectivity index (χ0v) is 9.26. The van der Waals surface area contributed by atoms with Crippen LogP contribution in [-0.2, 0) is 0 Å². The highest BCUT2D eigenvalue weighted by molar-refractivity contribution is 5.57. The van der Waals surface area contributed by atoms with E-state index in [-0.39, 0.29) is 10.6 Å². The molecule has 0 aliphatic heterocycles. The largest absolute Gasteiger partial charge is 0.496 e. The van der Waals surface area contributed by atoms with Gasteiger partial charge in [-0.1, -0.05) is 4.80 Å². The maximum atomic E-state index is 12.3. The molecule has 2 aromatic rings. The number of rotatable bonds is 3. The standard InChI is InChI=1S/C10H10F2N4O/c1-6-5-7(3-4-8(6)17-2)9-13-15-16(14-9)10(11)12/h3-5,10H,1-2H3. The monoisotopic (exact) mass is 240 g/mol. The Bertz CT molecular complexity index is 527. The third-order valence-electron chi connectivity index (χ3n) is 2.26. The quantitative estimate of drug-likeness (QED) is 0.823. The number of tetrazole rings is 1. The topological polar surface area (TPSA) is 52.8 Å². The Balaban J connectivity index is 2.36. The van der Waals surface area contributed by atoms with Gasteiger partial charge in [-0.2, -0.15) is 8.78 Å². The number of halogens is 2. The average molecular weight is 240 g/mol. The van der Waals surface area contributed by atoms with Gasteiger partial charge in [0.2, 0.25) is 5.82 Å². The third-order valence-corrected chi connectivity index (χ3v) is 2.26. The molecule has 0 radical (unpaired) electrons. The first-order valence-electron chi connectivity index (χ1n) is 4.84. The minimum atomic E-state index is -2.78. The summed E-state index contributed by atoms with van der Waals surface area (Å²) in [7, 11) is 1.56. The van der Waals surface area contributed by atoms with Crippen molar-refractivity contribution in [2.75, 3.05) is 7.11 Å². The summed E-state index contributed by atoms with van der Waals surface area (Å²) in [6.45, 7) is -0.935. The van der Waals surface area contributed by atoms with Crippen LogP contribution < -0.4 is 4.74 Å². The Morgan fingerprint density at radius 3 is 2.65 bits per heavy atom. The molecule has 1 aromatic heterocycles. The van der Waals surface area contributed by atoms with Crippen LogP contribution in [0.2, 0.25) is 0 Å². The van der Waals surface area contributed by atoms with Gasteiger partial charge in [0.15, 0.2) is 0 Å². The van der Waals surface area contributed by atoms with Crippen LogP contribution in [0.15, 0.2) is 18.2 Å². The van der Waals surface area contributed by atoms with E-state index in [1.54, 1.807) is 25.3 Å². The molecule has 0 unspecified atom stereocenters. The third kappa shape index (κ3) is 2.22. The second kappa shape index (κ2) is 4.44. The number of hydrogen-bond acceptors (Lipinski definition) is 4. The highest BCUT2D eigenvalue weighted by Crippen LogP contribution is 2.23. The van der Waals surface area contributed by atoms with Crippen molar-refractivity contribution in [1.82, 2.24) is 20.2 Å². The number of benzene rings is 1. The summed E-state index contributed by atoms with van der Waals surface area (Å²) in [4.78, 5) is 0.273. The number of aromatic nitrogens is 4. The average Bonchev–Trinajstić information content (AvgIpc) is 2.78. The number of methoxy groups -OCH3 is 1. The molecule has 0 aliphatic rings. The van der Waals surface area contributed by atoms with E-state index >= 15 is 0 Å². The Kier molecular flexibility index (Phi) is 2.99. The van der Waals surface area contributed by atoms with E-state index in [0.29, 0.717) is 5.56 Å². The van der Waals surface area contributed by atoms with Crippen LogP contribution in [0, 0.1) is 6.92 Å². The minimum absolute atomic E-state index is 0.163. The van der Waals surface area contributed by atoms with E-state index in [0.717, 1.165) is 11.3 Å². The van der Waals surface area contributed by atoms with Gasteiger partial charge in [-0.3, -0.25) is 0 Å². The van der Waals surface area contributed by atoms with Crippen molar-refractivity contribution in [3.63, 3.8) is 0 Å². The van der Waals surface area contributed by atoms with E-state index in [1.807, 2.05) is 6.92 Å². The van der Waals surface area contributed by atoms with Crippen LogP contribution in [0.4, 0.5) is 8.78 Å². The van der Waals surface area contributed by atoms with Crippen LogP contribution in [0.3, 0.4) is 0 Å². The summed E-state index contributed by atoms with van der Waals surface area (Å²) in [5.74, 6) is 0.881. The highest BCUT2D eigenvalue weighted by Gasteiger charge is 2.12. The van der Waals surface area contributed by atoms with Gasteiger partial charge in [0, 0.05) is 5.56 Å². The van der Waals surface area contributed by atoms with Crippen LogP contribution in [0.5, 0.6) is 5.75 Å². The highest BCUT2D eigenvalue weighted by atomic mass is 19.3. The summed E-state index contributed by atoms with van der Waals surface area (Å²) in [5.41, 5.74) is 1.49. The maximum Gasteiger partial charge on any atom is 0.350 e. The van der Waals surface area contributed by atoms with E-state index in [4.69, 9.17) is 4.74 Å². The van der Waals surface area contributed by atoms with Crippen molar-refractivity contribution < 1.29 is 13.5 Å². The van der Waals surface area contributed by atoms with E-state index < -0.39 is 6.55 Å². The van der Waals surface area contributed by atoms with Crippen molar-refractivity contribution in [3.8, 4) is 17.1 Å². The zero-order chi connectivity index (χ0) is 12.4. The molecule has 1 heterocycles. The van der Waals surface area contributed by atoms with Crippen molar-refractivity contribution in [1.29, 1.82) is 0 Å². The van der Waals surface area contributed by atoms with Gasteiger partial charge in [0.05, 0.1) is 7.11 Å². The lowest BCUT2D eigenvalue weighted by Crippen LogP contribution is -2.02. The van der Waals surface area contributed by atoms with Crippen LogP contribution in [0.25, 0.3) is 11.4 Å². The lowest BCUT2D eigenvalue weighted by Gasteiger charge is -2.04. The van der Waals surface area contributed by atoms with Crippen LogP contribution >= 0.6 is 0 Å². The molecule has 90 valence electrons. The first kappa shape index (κ1) is 11.4. The summed E-state index contributed by atoms with van der Waals surface area (Å²) in [6, 6.07) is 5.18.